The minimum Gasteiger partial charge on any atom is -0.342 e. The first-order valence-electron chi connectivity index (χ1n) is 9.43. The van der Waals surface area contributed by atoms with Crippen LogP contribution in [0.2, 0.25) is 0 Å². The molecule has 0 aromatic heterocycles. The number of amides is 2. The molecular weight excluding hydrogens is 356 g/mol. The highest BCUT2D eigenvalue weighted by molar-refractivity contribution is 8.02. The second kappa shape index (κ2) is 7.39. The summed E-state index contributed by atoms with van der Waals surface area (Å²) in [6.45, 7) is 3.46. The Morgan fingerprint density at radius 3 is 2.52 bits per heavy atom. The van der Waals surface area contributed by atoms with Crippen molar-refractivity contribution in [1.29, 1.82) is 0 Å². The number of likely N-dealkylation sites (tertiary alicyclic amines) is 1. The molecule has 4 nitrogen and oxygen atoms in total. The number of thioether (sulfide) groups is 1. The molecule has 2 heterocycles. The number of aryl methyl sites for hydroxylation is 1. The molecule has 2 aromatic carbocycles. The normalized spacial score (nSPS) is 18.9. The zero-order chi connectivity index (χ0) is 18.9. The molecule has 4 rings (SSSR count). The number of hydrogen-bond donors (Lipinski definition) is 0. The van der Waals surface area contributed by atoms with Gasteiger partial charge >= 0.3 is 0 Å². The number of rotatable bonds is 3. The molecular formula is C22H24N2O2S. The maximum absolute atomic E-state index is 12.7. The van der Waals surface area contributed by atoms with E-state index in [0.717, 1.165) is 29.7 Å². The third kappa shape index (κ3) is 3.61. The molecule has 1 spiro atoms. The van der Waals surface area contributed by atoms with Crippen LogP contribution in [-0.4, -0.2) is 40.4 Å². The van der Waals surface area contributed by atoms with E-state index < -0.39 is 0 Å². The van der Waals surface area contributed by atoms with Gasteiger partial charge < -0.3 is 4.90 Å². The fraction of sp³-hybridized carbons (Fsp3) is 0.364. The van der Waals surface area contributed by atoms with E-state index in [0.29, 0.717) is 25.3 Å². The van der Waals surface area contributed by atoms with E-state index in [1.54, 1.807) is 11.8 Å². The molecule has 27 heavy (non-hydrogen) atoms. The van der Waals surface area contributed by atoms with Crippen molar-refractivity contribution in [1.82, 2.24) is 4.90 Å². The number of hydrogen-bond acceptors (Lipinski definition) is 3. The van der Waals surface area contributed by atoms with Crippen LogP contribution in [0, 0.1) is 6.92 Å². The van der Waals surface area contributed by atoms with Gasteiger partial charge in [-0.05, 0) is 43.0 Å². The Hall–Kier alpha value is -2.27. The number of carbonyl (C=O) groups excluding carboxylic acids is 2. The van der Waals surface area contributed by atoms with Gasteiger partial charge in [0.15, 0.2) is 0 Å². The average molecular weight is 381 g/mol. The van der Waals surface area contributed by atoms with Gasteiger partial charge in [-0.15, -0.1) is 11.8 Å². The lowest BCUT2D eigenvalue weighted by molar-refractivity contribution is -0.131. The Kier molecular flexibility index (Phi) is 4.96. The first-order valence-corrected chi connectivity index (χ1v) is 10.4. The Bertz CT molecular complexity index is 844. The topological polar surface area (TPSA) is 40.6 Å². The number of benzene rings is 2. The summed E-state index contributed by atoms with van der Waals surface area (Å²) in [6, 6.07) is 18.0. The van der Waals surface area contributed by atoms with Crippen LogP contribution in [0.15, 0.2) is 54.6 Å². The molecule has 2 aromatic rings. The molecule has 2 saturated heterocycles. The Morgan fingerprint density at radius 1 is 1.07 bits per heavy atom. The Morgan fingerprint density at radius 2 is 1.81 bits per heavy atom. The highest BCUT2D eigenvalue weighted by atomic mass is 32.2. The smallest absolute Gasteiger partial charge is 0.238 e. The number of nitrogens with zero attached hydrogens (tertiary/aromatic N) is 2. The van der Waals surface area contributed by atoms with Gasteiger partial charge in [0.1, 0.15) is 0 Å². The molecule has 0 saturated carbocycles. The summed E-state index contributed by atoms with van der Waals surface area (Å²) in [5, 5.41) is 0. The Balaban J connectivity index is 1.47. The lowest BCUT2D eigenvalue weighted by atomic mass is 10.00. The first kappa shape index (κ1) is 18.1. The van der Waals surface area contributed by atoms with Crippen LogP contribution in [0.1, 0.15) is 24.0 Å². The largest absolute Gasteiger partial charge is 0.342 e. The lowest BCUT2D eigenvalue weighted by Crippen LogP contribution is -2.53. The SMILES string of the molecule is Cc1cccc(N2C(=O)CSC23CCN(C(=O)Cc2ccccc2)CC3)c1. The van der Waals surface area contributed by atoms with E-state index in [1.165, 1.54) is 0 Å². The van der Waals surface area contributed by atoms with Crippen molar-refractivity contribution in [3.05, 3.63) is 65.7 Å². The summed E-state index contributed by atoms with van der Waals surface area (Å²) >= 11 is 1.74. The van der Waals surface area contributed by atoms with E-state index in [9.17, 15) is 9.59 Å². The molecule has 2 fully saturated rings. The number of piperidine rings is 1. The maximum atomic E-state index is 12.7. The van der Waals surface area contributed by atoms with Gasteiger partial charge in [0, 0.05) is 18.8 Å². The van der Waals surface area contributed by atoms with Gasteiger partial charge in [-0.3, -0.25) is 14.5 Å². The van der Waals surface area contributed by atoms with Gasteiger partial charge in [0.05, 0.1) is 17.0 Å². The molecule has 140 valence electrons. The molecule has 0 aliphatic carbocycles. The lowest BCUT2D eigenvalue weighted by Gasteiger charge is -2.44. The molecule has 2 aliphatic heterocycles. The molecule has 0 bridgehead atoms. The minimum absolute atomic E-state index is 0.174. The van der Waals surface area contributed by atoms with Crippen LogP contribution in [0.25, 0.3) is 0 Å². The van der Waals surface area contributed by atoms with E-state index in [4.69, 9.17) is 0 Å². The summed E-state index contributed by atoms with van der Waals surface area (Å²) in [4.78, 5) is 29.0. The van der Waals surface area contributed by atoms with Gasteiger partial charge in [-0.25, -0.2) is 0 Å². The van der Waals surface area contributed by atoms with Crippen LogP contribution in [-0.2, 0) is 16.0 Å². The fourth-order valence-electron chi connectivity index (χ4n) is 4.05. The van der Waals surface area contributed by atoms with Crippen molar-refractivity contribution in [2.24, 2.45) is 0 Å². The molecule has 0 radical (unpaired) electrons. The zero-order valence-corrected chi connectivity index (χ0v) is 16.4. The summed E-state index contributed by atoms with van der Waals surface area (Å²) < 4.78 is 0. The van der Waals surface area contributed by atoms with Crippen molar-refractivity contribution >= 4 is 29.3 Å². The second-order valence-electron chi connectivity index (χ2n) is 7.35. The molecule has 2 amide bonds. The summed E-state index contributed by atoms with van der Waals surface area (Å²) in [5.41, 5.74) is 3.19. The highest BCUT2D eigenvalue weighted by Gasteiger charge is 2.49. The fourth-order valence-corrected chi connectivity index (χ4v) is 5.38. The number of carbonyl (C=O) groups is 2. The van der Waals surface area contributed by atoms with Gasteiger partial charge in [-0.1, -0.05) is 42.5 Å². The van der Waals surface area contributed by atoms with E-state index in [1.807, 2.05) is 52.3 Å². The van der Waals surface area contributed by atoms with Crippen molar-refractivity contribution in [3.8, 4) is 0 Å². The zero-order valence-electron chi connectivity index (χ0n) is 15.6. The van der Waals surface area contributed by atoms with Crippen molar-refractivity contribution < 1.29 is 9.59 Å². The monoisotopic (exact) mass is 380 g/mol. The third-order valence-electron chi connectivity index (χ3n) is 5.48. The summed E-state index contributed by atoms with van der Waals surface area (Å²) in [7, 11) is 0. The predicted octanol–water partition coefficient (Wildman–Crippen LogP) is 3.64. The van der Waals surface area contributed by atoms with Crippen molar-refractivity contribution in [2.45, 2.75) is 31.1 Å². The van der Waals surface area contributed by atoms with E-state index in [-0.39, 0.29) is 16.7 Å². The Labute approximate surface area is 164 Å². The molecule has 0 unspecified atom stereocenters. The van der Waals surface area contributed by atoms with Crippen LogP contribution >= 0.6 is 11.8 Å². The minimum atomic E-state index is -0.214. The summed E-state index contributed by atoms with van der Waals surface area (Å²) in [5.74, 6) is 0.869. The highest BCUT2D eigenvalue weighted by Crippen LogP contribution is 2.46. The van der Waals surface area contributed by atoms with Crippen molar-refractivity contribution in [2.75, 3.05) is 23.7 Å². The molecule has 0 atom stereocenters. The summed E-state index contributed by atoms with van der Waals surface area (Å²) in [6.07, 6.45) is 2.08. The van der Waals surface area contributed by atoms with Crippen LogP contribution < -0.4 is 4.90 Å². The molecule has 0 N–H and O–H groups in total. The van der Waals surface area contributed by atoms with Crippen LogP contribution in [0.3, 0.4) is 0 Å². The van der Waals surface area contributed by atoms with Crippen molar-refractivity contribution in [3.63, 3.8) is 0 Å². The predicted molar refractivity (Wildman–Crippen MR) is 110 cm³/mol. The third-order valence-corrected chi connectivity index (χ3v) is 7.00. The van der Waals surface area contributed by atoms with Gasteiger partial charge in [-0.2, -0.15) is 0 Å². The van der Waals surface area contributed by atoms with Crippen LogP contribution in [0.5, 0.6) is 0 Å². The average Bonchev–Trinajstić information content (AvgIpc) is 2.99. The number of anilines is 1. The van der Waals surface area contributed by atoms with E-state index in [2.05, 4.69) is 19.1 Å². The second-order valence-corrected chi connectivity index (χ2v) is 8.68. The van der Waals surface area contributed by atoms with E-state index >= 15 is 0 Å². The van der Waals surface area contributed by atoms with Gasteiger partial charge in [0.25, 0.3) is 0 Å². The molecule has 5 heteroatoms. The maximum Gasteiger partial charge on any atom is 0.238 e. The molecule has 2 aliphatic rings. The first-order chi connectivity index (χ1) is 13.1. The van der Waals surface area contributed by atoms with Crippen LogP contribution in [0.4, 0.5) is 5.69 Å². The standard InChI is InChI=1S/C22H24N2O2S/c1-17-6-5-9-19(14-17)24-21(26)16-27-22(24)10-12-23(13-11-22)20(25)15-18-7-3-2-4-8-18/h2-9,14H,10-13,15-16H2,1H3. The quantitative estimate of drug-likeness (QED) is 0.816. The van der Waals surface area contributed by atoms with Gasteiger partial charge in [0.2, 0.25) is 11.8 Å².